The quantitative estimate of drug-likeness (QED) is 0.471. The van der Waals surface area contributed by atoms with Gasteiger partial charge in [-0.15, -0.1) is 6.58 Å². The van der Waals surface area contributed by atoms with Crippen molar-refractivity contribution in [2.75, 3.05) is 11.9 Å². The number of nitrogens with zero attached hydrogens (tertiary/aromatic N) is 2. The molecule has 10 heteroatoms. The Morgan fingerprint density at radius 1 is 1.20 bits per heavy atom. The molecule has 0 fully saturated rings. The van der Waals surface area contributed by atoms with E-state index in [9.17, 15) is 18.0 Å². The number of nitrogens with one attached hydrogen (secondary N) is 2. The van der Waals surface area contributed by atoms with Gasteiger partial charge in [-0.1, -0.05) is 34.1 Å². The maximum absolute atomic E-state index is 12.6. The summed E-state index contributed by atoms with van der Waals surface area (Å²) in [7, 11) is -3.46. The summed E-state index contributed by atoms with van der Waals surface area (Å²) < 4.78 is 28.2. The summed E-state index contributed by atoms with van der Waals surface area (Å²) in [5.41, 5.74) is 1.30. The van der Waals surface area contributed by atoms with E-state index in [2.05, 4.69) is 37.5 Å². The monoisotopic (exact) mass is 490 g/mol. The molecule has 3 aromatic rings. The summed E-state index contributed by atoms with van der Waals surface area (Å²) in [5, 5.41) is 3.10. The standard InChI is InChI=1S/C20H19BrN4O4S/c1-2-9-23-30(28,29)12-14-3-6-16(7-4-14)24-19(26)11-25-13-22-18-8-5-15(21)10-17(18)20(25)27/h2-8,10,13,23H,1,9,11-12H2,(H,24,26). The lowest BCUT2D eigenvalue weighted by atomic mass is 10.2. The van der Waals surface area contributed by atoms with Crippen molar-refractivity contribution >= 4 is 48.5 Å². The highest BCUT2D eigenvalue weighted by molar-refractivity contribution is 9.10. The molecule has 0 aliphatic rings. The van der Waals surface area contributed by atoms with E-state index >= 15 is 0 Å². The molecule has 0 aliphatic heterocycles. The number of carbonyl (C=O) groups excluding carboxylic acids is 1. The minimum atomic E-state index is -3.46. The van der Waals surface area contributed by atoms with Gasteiger partial charge in [0.05, 0.1) is 23.0 Å². The highest BCUT2D eigenvalue weighted by atomic mass is 79.9. The molecular weight excluding hydrogens is 472 g/mol. The van der Waals surface area contributed by atoms with Crippen LogP contribution >= 0.6 is 15.9 Å². The minimum absolute atomic E-state index is 0.163. The van der Waals surface area contributed by atoms with Crippen LogP contribution in [0.25, 0.3) is 10.9 Å². The Balaban J connectivity index is 1.67. The van der Waals surface area contributed by atoms with Gasteiger partial charge >= 0.3 is 0 Å². The Labute approximate surface area is 181 Å². The molecule has 0 saturated heterocycles. The maximum Gasteiger partial charge on any atom is 0.261 e. The number of amides is 1. The molecule has 3 rings (SSSR count). The zero-order chi connectivity index (χ0) is 21.7. The van der Waals surface area contributed by atoms with Crippen molar-refractivity contribution in [3.63, 3.8) is 0 Å². The first-order valence-corrected chi connectivity index (χ1v) is 11.3. The number of rotatable bonds is 8. The van der Waals surface area contributed by atoms with Crippen molar-refractivity contribution in [2.24, 2.45) is 0 Å². The van der Waals surface area contributed by atoms with Gasteiger partial charge < -0.3 is 5.32 Å². The minimum Gasteiger partial charge on any atom is -0.325 e. The molecule has 0 atom stereocenters. The molecule has 0 aliphatic carbocycles. The van der Waals surface area contributed by atoms with Crippen LogP contribution < -0.4 is 15.6 Å². The van der Waals surface area contributed by atoms with E-state index < -0.39 is 15.9 Å². The maximum atomic E-state index is 12.6. The first-order valence-electron chi connectivity index (χ1n) is 8.89. The first kappa shape index (κ1) is 21.9. The van der Waals surface area contributed by atoms with Crippen molar-refractivity contribution in [1.29, 1.82) is 0 Å². The lowest BCUT2D eigenvalue weighted by Crippen LogP contribution is -2.28. The second-order valence-corrected chi connectivity index (χ2v) is 9.20. The van der Waals surface area contributed by atoms with Gasteiger partial charge in [0.2, 0.25) is 15.9 Å². The van der Waals surface area contributed by atoms with E-state index in [0.717, 1.165) is 4.47 Å². The Bertz CT molecular complexity index is 1250. The van der Waals surface area contributed by atoms with Crippen LogP contribution in [0.3, 0.4) is 0 Å². The number of aromatic nitrogens is 2. The number of sulfonamides is 1. The largest absolute Gasteiger partial charge is 0.325 e. The number of halogens is 1. The second kappa shape index (κ2) is 9.33. The highest BCUT2D eigenvalue weighted by Gasteiger charge is 2.11. The van der Waals surface area contributed by atoms with E-state index in [1.54, 1.807) is 42.5 Å². The Morgan fingerprint density at radius 2 is 1.93 bits per heavy atom. The number of hydrogen-bond donors (Lipinski definition) is 2. The molecule has 0 saturated carbocycles. The summed E-state index contributed by atoms with van der Waals surface area (Å²) in [6, 6.07) is 11.6. The Morgan fingerprint density at radius 3 is 2.63 bits per heavy atom. The number of fused-ring (bicyclic) bond motifs is 1. The lowest BCUT2D eigenvalue weighted by Gasteiger charge is -2.09. The summed E-state index contributed by atoms with van der Waals surface area (Å²) in [5.74, 6) is -0.579. The summed E-state index contributed by atoms with van der Waals surface area (Å²) in [6.45, 7) is 3.43. The van der Waals surface area contributed by atoms with E-state index in [-0.39, 0.29) is 24.4 Å². The molecule has 0 spiro atoms. The third-order valence-electron chi connectivity index (χ3n) is 4.14. The van der Waals surface area contributed by atoms with Crippen molar-refractivity contribution in [2.45, 2.75) is 12.3 Å². The van der Waals surface area contributed by atoms with Crippen molar-refractivity contribution in [3.8, 4) is 0 Å². The van der Waals surface area contributed by atoms with Crippen molar-refractivity contribution in [3.05, 3.63) is 81.8 Å². The van der Waals surface area contributed by atoms with Crippen molar-refractivity contribution in [1.82, 2.24) is 14.3 Å². The zero-order valence-electron chi connectivity index (χ0n) is 15.8. The molecule has 2 N–H and O–H groups in total. The SMILES string of the molecule is C=CCNS(=O)(=O)Cc1ccc(NC(=O)Cn2cnc3ccc(Br)cc3c2=O)cc1. The molecule has 1 aromatic heterocycles. The molecular formula is C20H19BrN4O4S. The van der Waals surface area contributed by atoms with Crippen LogP contribution in [-0.4, -0.2) is 30.4 Å². The first-order chi connectivity index (χ1) is 14.3. The summed E-state index contributed by atoms with van der Waals surface area (Å²) in [4.78, 5) is 29.1. The van der Waals surface area contributed by atoms with Gasteiger partial charge in [0.1, 0.15) is 6.54 Å². The molecule has 30 heavy (non-hydrogen) atoms. The predicted octanol–water partition coefficient (Wildman–Crippen LogP) is 2.40. The normalized spacial score (nSPS) is 11.4. The second-order valence-electron chi connectivity index (χ2n) is 6.48. The fraction of sp³-hybridized carbons (Fsp3) is 0.150. The number of hydrogen-bond acceptors (Lipinski definition) is 5. The van der Waals surface area contributed by atoms with Gasteiger partial charge in [0.25, 0.3) is 5.56 Å². The number of benzene rings is 2. The highest BCUT2D eigenvalue weighted by Crippen LogP contribution is 2.15. The summed E-state index contributed by atoms with van der Waals surface area (Å²) in [6.07, 6.45) is 2.80. The topological polar surface area (TPSA) is 110 Å². The smallest absolute Gasteiger partial charge is 0.261 e. The average Bonchev–Trinajstić information content (AvgIpc) is 2.70. The molecule has 1 heterocycles. The molecule has 8 nitrogen and oxygen atoms in total. The van der Waals surface area contributed by atoms with E-state index in [4.69, 9.17) is 0 Å². The average molecular weight is 491 g/mol. The van der Waals surface area contributed by atoms with Crippen LogP contribution in [0.4, 0.5) is 5.69 Å². The Kier molecular flexibility index (Phi) is 6.80. The fourth-order valence-corrected chi connectivity index (χ4v) is 4.21. The third kappa shape index (κ3) is 5.62. The lowest BCUT2D eigenvalue weighted by molar-refractivity contribution is -0.116. The van der Waals surface area contributed by atoms with Gasteiger partial charge in [-0.3, -0.25) is 14.2 Å². The molecule has 0 radical (unpaired) electrons. The molecule has 156 valence electrons. The van der Waals surface area contributed by atoms with Crippen LogP contribution in [0, 0.1) is 0 Å². The van der Waals surface area contributed by atoms with Gasteiger partial charge in [-0.25, -0.2) is 18.1 Å². The number of anilines is 1. The van der Waals surface area contributed by atoms with Crippen LogP contribution in [0.1, 0.15) is 5.56 Å². The third-order valence-corrected chi connectivity index (χ3v) is 5.96. The number of carbonyl (C=O) groups is 1. The van der Waals surface area contributed by atoms with Gasteiger partial charge in [-0.2, -0.15) is 0 Å². The van der Waals surface area contributed by atoms with Crippen molar-refractivity contribution < 1.29 is 13.2 Å². The summed E-state index contributed by atoms with van der Waals surface area (Å²) >= 11 is 3.32. The molecule has 1 amide bonds. The van der Waals surface area contributed by atoms with E-state index in [0.29, 0.717) is 22.2 Å². The van der Waals surface area contributed by atoms with Crippen LogP contribution in [0.15, 0.2) is 70.7 Å². The van der Waals surface area contributed by atoms with E-state index in [1.807, 2.05) is 0 Å². The molecule has 0 unspecified atom stereocenters. The van der Waals surface area contributed by atoms with Crippen LogP contribution in [0.2, 0.25) is 0 Å². The zero-order valence-corrected chi connectivity index (χ0v) is 18.2. The fourth-order valence-electron chi connectivity index (χ4n) is 2.74. The van der Waals surface area contributed by atoms with Crippen LogP contribution in [0.5, 0.6) is 0 Å². The van der Waals surface area contributed by atoms with E-state index in [1.165, 1.54) is 17.0 Å². The molecule has 0 bridgehead atoms. The Hall–Kier alpha value is -2.82. The van der Waals surface area contributed by atoms with Gasteiger partial charge in [-0.05, 0) is 35.9 Å². The van der Waals surface area contributed by atoms with Gasteiger partial charge in [0.15, 0.2) is 0 Å². The van der Waals surface area contributed by atoms with Crippen LogP contribution in [-0.2, 0) is 27.1 Å². The predicted molar refractivity (Wildman–Crippen MR) is 120 cm³/mol. The molecule has 2 aromatic carbocycles. The van der Waals surface area contributed by atoms with Gasteiger partial charge in [0, 0.05) is 16.7 Å².